The zero-order valence-corrected chi connectivity index (χ0v) is 43.9. The fourth-order valence-corrected chi connectivity index (χ4v) is 9.07. The van der Waals surface area contributed by atoms with Gasteiger partial charge in [0.15, 0.2) is 0 Å². The number of aliphatic hydroxyl groups excluding tert-OH is 2. The Morgan fingerprint density at radius 3 is 1.12 bits per heavy atom. The van der Waals surface area contributed by atoms with Crippen molar-refractivity contribution >= 4 is 11.9 Å². The summed E-state index contributed by atoms with van der Waals surface area (Å²) in [6.07, 6.45) is 62.4. The molecule has 0 saturated heterocycles. The lowest BCUT2D eigenvalue weighted by molar-refractivity contribution is -0.151. The molecule has 0 fully saturated rings. The van der Waals surface area contributed by atoms with Crippen molar-refractivity contribution in [3.8, 4) is 0 Å². The molecule has 0 rings (SSSR count). The molecular weight excluding hydrogens is 803 g/mol. The van der Waals surface area contributed by atoms with Gasteiger partial charge in [0.05, 0.1) is 25.2 Å². The summed E-state index contributed by atoms with van der Waals surface area (Å²) in [4.78, 5) is 26.3. The second-order valence-electron chi connectivity index (χ2n) is 20.0. The number of allylic oxidation sites excluding steroid dienone is 4. The Balaban J connectivity index is 4.55. The van der Waals surface area contributed by atoms with Gasteiger partial charge in [-0.3, -0.25) is 9.59 Å². The quantitative estimate of drug-likeness (QED) is 0.0321. The number of aliphatic hydroxyl groups is 2. The summed E-state index contributed by atoms with van der Waals surface area (Å²) >= 11 is 0. The Hall–Kier alpha value is -1.66. The number of hydrogen-bond donors (Lipinski definition) is 3. The van der Waals surface area contributed by atoms with Crippen LogP contribution < -0.4 is 5.32 Å². The largest absolute Gasteiger partial charge is 0.462 e. The van der Waals surface area contributed by atoms with E-state index >= 15 is 0 Å². The topological polar surface area (TPSA) is 95.9 Å². The van der Waals surface area contributed by atoms with Gasteiger partial charge in [0.2, 0.25) is 5.91 Å². The molecule has 0 aliphatic carbocycles. The van der Waals surface area contributed by atoms with Crippen molar-refractivity contribution in [3.63, 3.8) is 0 Å². The standard InChI is InChI=1S/C59H113NO5/c1-4-7-10-13-16-19-22-25-28-31-32-35-38-41-44-47-50-55(65-59(64)52-49-46-43-40-37-34-30-27-24-21-18-15-12-9-6-3)53-58(63)60-56(54-61)57(62)51-48-45-42-39-36-33-29-26-23-20-17-14-11-8-5-2/h21,24,32,35,55-57,61-62H,4-20,22-23,25-31,33-34,36-54H2,1-3H3,(H,60,63)/b24-21-,35-32+. The highest BCUT2D eigenvalue weighted by atomic mass is 16.5. The fourth-order valence-electron chi connectivity index (χ4n) is 9.07. The average Bonchev–Trinajstić information content (AvgIpc) is 3.30. The fraction of sp³-hybridized carbons (Fsp3) is 0.898. The number of esters is 1. The van der Waals surface area contributed by atoms with Gasteiger partial charge in [-0.05, 0) is 77.0 Å². The van der Waals surface area contributed by atoms with Crippen LogP contribution in [0, 0.1) is 0 Å². The van der Waals surface area contributed by atoms with E-state index in [1.807, 2.05) is 0 Å². The number of rotatable bonds is 53. The van der Waals surface area contributed by atoms with E-state index in [1.54, 1.807) is 0 Å². The Morgan fingerprint density at radius 1 is 0.431 bits per heavy atom. The molecule has 0 aromatic heterocycles. The molecule has 3 unspecified atom stereocenters. The average molecular weight is 917 g/mol. The van der Waals surface area contributed by atoms with E-state index < -0.39 is 18.2 Å². The number of amides is 1. The summed E-state index contributed by atoms with van der Waals surface area (Å²) < 4.78 is 5.96. The van der Waals surface area contributed by atoms with Crippen LogP contribution >= 0.6 is 0 Å². The minimum absolute atomic E-state index is 0.0700. The summed E-state index contributed by atoms with van der Waals surface area (Å²) in [5, 5.41) is 23.9. The molecule has 6 heteroatoms. The maximum Gasteiger partial charge on any atom is 0.306 e. The molecule has 0 aromatic carbocycles. The van der Waals surface area contributed by atoms with E-state index in [1.165, 1.54) is 212 Å². The van der Waals surface area contributed by atoms with Gasteiger partial charge in [-0.2, -0.15) is 0 Å². The second kappa shape index (κ2) is 53.3. The monoisotopic (exact) mass is 916 g/mol. The summed E-state index contributed by atoms with van der Waals surface area (Å²) in [5.74, 6) is -0.477. The predicted molar refractivity (Wildman–Crippen MR) is 283 cm³/mol. The van der Waals surface area contributed by atoms with Crippen LogP contribution in [0.1, 0.15) is 316 Å². The van der Waals surface area contributed by atoms with Crippen LogP contribution in [-0.4, -0.2) is 46.9 Å². The molecule has 65 heavy (non-hydrogen) atoms. The zero-order chi connectivity index (χ0) is 47.4. The van der Waals surface area contributed by atoms with Crippen LogP contribution in [0.3, 0.4) is 0 Å². The molecule has 0 spiro atoms. The lowest BCUT2D eigenvalue weighted by Gasteiger charge is -2.24. The highest BCUT2D eigenvalue weighted by molar-refractivity contribution is 5.77. The molecule has 0 radical (unpaired) electrons. The zero-order valence-electron chi connectivity index (χ0n) is 43.9. The molecule has 1 amide bonds. The Morgan fingerprint density at radius 2 is 0.738 bits per heavy atom. The second-order valence-corrected chi connectivity index (χ2v) is 20.0. The van der Waals surface area contributed by atoms with Crippen molar-refractivity contribution in [1.82, 2.24) is 5.32 Å². The van der Waals surface area contributed by atoms with Crippen LogP contribution in [0.5, 0.6) is 0 Å². The van der Waals surface area contributed by atoms with E-state index in [9.17, 15) is 19.8 Å². The smallest absolute Gasteiger partial charge is 0.306 e. The molecule has 0 aliphatic heterocycles. The van der Waals surface area contributed by atoms with Gasteiger partial charge in [0.1, 0.15) is 6.10 Å². The minimum Gasteiger partial charge on any atom is -0.462 e. The number of unbranched alkanes of at least 4 members (excludes halogenated alkanes) is 37. The highest BCUT2D eigenvalue weighted by Gasteiger charge is 2.24. The lowest BCUT2D eigenvalue weighted by Crippen LogP contribution is -2.46. The molecule has 384 valence electrons. The molecule has 0 aromatic rings. The first kappa shape index (κ1) is 63.3. The third kappa shape index (κ3) is 48.6. The van der Waals surface area contributed by atoms with Crippen molar-refractivity contribution in [2.45, 2.75) is 334 Å². The van der Waals surface area contributed by atoms with Crippen LogP contribution in [-0.2, 0) is 14.3 Å². The maximum absolute atomic E-state index is 13.3. The Bertz CT molecular complexity index is 1030. The van der Waals surface area contributed by atoms with Crippen LogP contribution in [0.2, 0.25) is 0 Å². The van der Waals surface area contributed by atoms with Gasteiger partial charge < -0.3 is 20.3 Å². The summed E-state index contributed by atoms with van der Waals surface area (Å²) in [6, 6.07) is -0.704. The molecular formula is C59H113NO5. The number of carbonyl (C=O) groups excluding carboxylic acids is 2. The highest BCUT2D eigenvalue weighted by Crippen LogP contribution is 2.18. The third-order valence-electron chi connectivity index (χ3n) is 13.5. The summed E-state index contributed by atoms with van der Waals surface area (Å²) in [7, 11) is 0. The Kier molecular flexibility index (Phi) is 51.9. The molecule has 0 heterocycles. The first-order valence-electron chi connectivity index (χ1n) is 29.1. The SMILES string of the molecule is CCCCCC/C=C\CCCCCCCCCC(=O)OC(CCCCC/C=C/CCCCCCCCCCC)CC(=O)NC(CO)C(O)CCCCCCCCCCCCCCCCC. The van der Waals surface area contributed by atoms with Crippen LogP contribution in [0.15, 0.2) is 24.3 Å². The lowest BCUT2D eigenvalue weighted by atomic mass is 10.0. The van der Waals surface area contributed by atoms with Gasteiger partial charge in [-0.15, -0.1) is 0 Å². The van der Waals surface area contributed by atoms with Gasteiger partial charge in [0.25, 0.3) is 0 Å². The molecule has 0 saturated carbocycles. The first-order valence-corrected chi connectivity index (χ1v) is 29.1. The summed E-state index contributed by atoms with van der Waals surface area (Å²) in [5.41, 5.74) is 0. The Labute approximate surface area is 405 Å². The van der Waals surface area contributed by atoms with E-state index in [4.69, 9.17) is 4.74 Å². The van der Waals surface area contributed by atoms with Crippen molar-refractivity contribution in [2.75, 3.05) is 6.61 Å². The van der Waals surface area contributed by atoms with Gasteiger partial charge in [0, 0.05) is 6.42 Å². The van der Waals surface area contributed by atoms with Gasteiger partial charge in [-0.1, -0.05) is 251 Å². The van der Waals surface area contributed by atoms with Crippen LogP contribution in [0.4, 0.5) is 0 Å². The van der Waals surface area contributed by atoms with Crippen molar-refractivity contribution in [2.24, 2.45) is 0 Å². The van der Waals surface area contributed by atoms with Gasteiger partial charge in [-0.25, -0.2) is 0 Å². The number of ether oxygens (including phenoxy) is 1. The number of hydrogen-bond acceptors (Lipinski definition) is 5. The van der Waals surface area contributed by atoms with Crippen molar-refractivity contribution < 1.29 is 24.5 Å². The molecule has 3 atom stereocenters. The molecule has 0 bridgehead atoms. The van der Waals surface area contributed by atoms with Crippen LogP contribution in [0.25, 0.3) is 0 Å². The van der Waals surface area contributed by atoms with Crippen molar-refractivity contribution in [3.05, 3.63) is 24.3 Å². The normalized spacial score (nSPS) is 13.2. The van der Waals surface area contributed by atoms with E-state index in [0.29, 0.717) is 19.3 Å². The van der Waals surface area contributed by atoms with E-state index in [0.717, 1.165) is 57.8 Å². The molecule has 0 aliphatic rings. The first-order chi connectivity index (χ1) is 32.0. The van der Waals surface area contributed by atoms with Crippen molar-refractivity contribution in [1.29, 1.82) is 0 Å². The number of nitrogens with one attached hydrogen (secondary N) is 1. The minimum atomic E-state index is -0.790. The van der Waals surface area contributed by atoms with Gasteiger partial charge >= 0.3 is 5.97 Å². The molecule has 6 nitrogen and oxygen atoms in total. The van der Waals surface area contributed by atoms with E-state index in [2.05, 4.69) is 50.4 Å². The predicted octanol–water partition coefficient (Wildman–Crippen LogP) is 17.9. The third-order valence-corrected chi connectivity index (χ3v) is 13.5. The molecule has 3 N–H and O–H groups in total. The van der Waals surface area contributed by atoms with E-state index in [-0.39, 0.29) is 24.9 Å². The number of carbonyl (C=O) groups is 2. The summed E-state index contributed by atoms with van der Waals surface area (Å²) in [6.45, 7) is 6.50. The maximum atomic E-state index is 13.3.